The predicted molar refractivity (Wildman–Crippen MR) is 90.4 cm³/mol. The van der Waals surface area contributed by atoms with Crippen LogP contribution in [0.15, 0.2) is 48.5 Å². The number of rotatable bonds is 4. The van der Waals surface area contributed by atoms with Crippen molar-refractivity contribution in [3.05, 3.63) is 64.2 Å². The Balaban J connectivity index is 1.58. The van der Waals surface area contributed by atoms with Crippen molar-refractivity contribution in [2.45, 2.75) is 25.1 Å². The van der Waals surface area contributed by atoms with E-state index in [1.165, 1.54) is 24.3 Å². The van der Waals surface area contributed by atoms with Crippen LogP contribution in [0.3, 0.4) is 0 Å². The van der Waals surface area contributed by atoms with Crippen molar-refractivity contribution < 1.29 is 22.8 Å². The Morgan fingerprint density at radius 2 is 1.58 bits per heavy atom. The maximum atomic E-state index is 12.2. The van der Waals surface area contributed by atoms with Gasteiger partial charge in [-0.05, 0) is 48.6 Å². The van der Waals surface area contributed by atoms with Crippen LogP contribution in [0.25, 0.3) is 0 Å². The Bertz CT molecular complexity index is 753. The molecule has 5 nitrogen and oxygen atoms in total. The van der Waals surface area contributed by atoms with Crippen LogP contribution in [0, 0.1) is 10.1 Å². The zero-order valence-corrected chi connectivity index (χ0v) is 13.8. The van der Waals surface area contributed by atoms with Crippen LogP contribution < -0.4 is 9.64 Å². The summed E-state index contributed by atoms with van der Waals surface area (Å²) in [5.74, 6) is 0.0498. The average Bonchev–Trinajstić information content (AvgIpc) is 2.61. The predicted octanol–water partition coefficient (Wildman–Crippen LogP) is 4.88. The van der Waals surface area contributed by atoms with E-state index in [1.807, 2.05) is 0 Å². The molecule has 1 aliphatic rings. The van der Waals surface area contributed by atoms with E-state index in [-0.39, 0.29) is 17.4 Å². The first kappa shape index (κ1) is 18.0. The number of nitrogens with zero attached hydrogens (tertiary/aromatic N) is 2. The van der Waals surface area contributed by atoms with Crippen molar-refractivity contribution in [3.63, 3.8) is 0 Å². The minimum absolute atomic E-state index is 0.0600. The normalized spacial score (nSPS) is 15.7. The minimum atomic E-state index is -4.68. The number of piperidine rings is 1. The number of hydrogen-bond donors (Lipinski definition) is 0. The fourth-order valence-electron chi connectivity index (χ4n) is 3.20. The van der Waals surface area contributed by atoms with Crippen molar-refractivity contribution in [2.24, 2.45) is 0 Å². The molecule has 8 heteroatoms. The van der Waals surface area contributed by atoms with Crippen LogP contribution in [0.4, 0.5) is 24.5 Å². The first-order valence-electron chi connectivity index (χ1n) is 8.17. The minimum Gasteiger partial charge on any atom is -0.406 e. The SMILES string of the molecule is O=[N+]([O-])c1ccc(N2CCC(c3ccc(OC(F)(F)F)cc3)CC2)cc1. The van der Waals surface area contributed by atoms with Crippen LogP contribution in [0.1, 0.15) is 24.3 Å². The molecule has 1 aliphatic heterocycles. The molecule has 138 valence electrons. The summed E-state index contributed by atoms with van der Waals surface area (Å²) < 4.78 is 40.5. The lowest BCUT2D eigenvalue weighted by molar-refractivity contribution is -0.384. The van der Waals surface area contributed by atoms with Crippen LogP contribution in [0.2, 0.25) is 0 Å². The number of hydrogen-bond acceptors (Lipinski definition) is 4. The fraction of sp³-hybridized carbons (Fsp3) is 0.333. The maximum absolute atomic E-state index is 12.2. The van der Waals surface area contributed by atoms with E-state index < -0.39 is 11.3 Å². The quantitative estimate of drug-likeness (QED) is 0.572. The number of nitro benzene ring substituents is 1. The molecular weight excluding hydrogens is 349 g/mol. The lowest BCUT2D eigenvalue weighted by Gasteiger charge is -2.33. The molecular formula is C18H17F3N2O3. The van der Waals surface area contributed by atoms with Gasteiger partial charge < -0.3 is 9.64 Å². The highest BCUT2D eigenvalue weighted by Crippen LogP contribution is 2.32. The molecule has 0 aliphatic carbocycles. The first-order valence-corrected chi connectivity index (χ1v) is 8.17. The molecule has 0 spiro atoms. The molecule has 2 aromatic carbocycles. The second kappa shape index (κ2) is 7.23. The van der Waals surface area contributed by atoms with Gasteiger partial charge in [0, 0.05) is 30.9 Å². The summed E-state index contributed by atoms with van der Waals surface area (Å²) in [6.45, 7) is 1.56. The lowest BCUT2D eigenvalue weighted by atomic mass is 9.89. The number of ether oxygens (including phenoxy) is 1. The Morgan fingerprint density at radius 1 is 1.00 bits per heavy atom. The summed E-state index contributed by atoms with van der Waals surface area (Å²) in [6.07, 6.45) is -2.97. The number of nitro groups is 1. The molecule has 0 amide bonds. The highest BCUT2D eigenvalue weighted by atomic mass is 19.4. The highest BCUT2D eigenvalue weighted by molar-refractivity contribution is 5.51. The number of anilines is 1. The summed E-state index contributed by atoms with van der Waals surface area (Å²) in [4.78, 5) is 12.4. The van der Waals surface area contributed by atoms with Crippen molar-refractivity contribution >= 4 is 11.4 Å². The summed E-state index contributed by atoms with van der Waals surface area (Å²) in [5.41, 5.74) is 1.98. The van der Waals surface area contributed by atoms with Crippen LogP contribution in [-0.4, -0.2) is 24.4 Å². The van der Waals surface area contributed by atoms with Gasteiger partial charge in [0.1, 0.15) is 5.75 Å². The Hall–Kier alpha value is -2.77. The molecule has 1 heterocycles. The van der Waals surface area contributed by atoms with E-state index in [2.05, 4.69) is 9.64 Å². The molecule has 3 rings (SSSR count). The smallest absolute Gasteiger partial charge is 0.406 e. The Labute approximate surface area is 148 Å². The van der Waals surface area contributed by atoms with Gasteiger partial charge in [0.25, 0.3) is 5.69 Å². The van der Waals surface area contributed by atoms with Gasteiger partial charge in [-0.15, -0.1) is 13.2 Å². The fourth-order valence-corrected chi connectivity index (χ4v) is 3.20. The van der Waals surface area contributed by atoms with Gasteiger partial charge in [0.2, 0.25) is 0 Å². The second-order valence-corrected chi connectivity index (χ2v) is 6.15. The third-order valence-electron chi connectivity index (χ3n) is 4.51. The van der Waals surface area contributed by atoms with Gasteiger partial charge in [-0.25, -0.2) is 0 Å². The molecule has 0 N–H and O–H groups in total. The Kier molecular flexibility index (Phi) is 5.01. The topological polar surface area (TPSA) is 55.6 Å². The summed E-state index contributed by atoms with van der Waals surface area (Å²) in [5, 5.41) is 10.7. The van der Waals surface area contributed by atoms with Crippen LogP contribution >= 0.6 is 0 Å². The second-order valence-electron chi connectivity index (χ2n) is 6.15. The average molecular weight is 366 g/mol. The van der Waals surface area contributed by atoms with Crippen molar-refractivity contribution in [2.75, 3.05) is 18.0 Å². The third-order valence-corrected chi connectivity index (χ3v) is 4.51. The Morgan fingerprint density at radius 3 is 2.08 bits per heavy atom. The van der Waals surface area contributed by atoms with Crippen molar-refractivity contribution in [3.8, 4) is 5.75 Å². The number of alkyl halides is 3. The molecule has 0 radical (unpaired) electrons. The number of halogens is 3. The lowest BCUT2D eigenvalue weighted by Crippen LogP contribution is -2.32. The molecule has 0 bridgehead atoms. The summed E-state index contributed by atoms with van der Waals surface area (Å²) in [6, 6.07) is 12.5. The molecule has 2 aromatic rings. The van der Waals surface area contributed by atoms with Crippen molar-refractivity contribution in [1.82, 2.24) is 0 Å². The van der Waals surface area contributed by atoms with E-state index in [0.717, 1.165) is 37.2 Å². The van der Waals surface area contributed by atoms with Gasteiger partial charge in [-0.2, -0.15) is 0 Å². The largest absolute Gasteiger partial charge is 0.573 e. The van der Waals surface area contributed by atoms with E-state index in [1.54, 1.807) is 24.3 Å². The zero-order chi connectivity index (χ0) is 18.7. The molecule has 26 heavy (non-hydrogen) atoms. The molecule has 0 aromatic heterocycles. The van der Waals surface area contributed by atoms with Gasteiger partial charge in [0.15, 0.2) is 0 Å². The van der Waals surface area contributed by atoms with Crippen molar-refractivity contribution in [1.29, 1.82) is 0 Å². The van der Waals surface area contributed by atoms with Crippen LogP contribution in [-0.2, 0) is 0 Å². The standard InChI is InChI=1S/C18H17F3N2O3/c19-18(20,21)26-17-7-1-13(2-8-17)14-9-11-22(12-10-14)15-3-5-16(6-4-15)23(24)25/h1-8,14H,9-12H2. The maximum Gasteiger partial charge on any atom is 0.573 e. The first-order chi connectivity index (χ1) is 12.3. The van der Waals surface area contributed by atoms with Gasteiger partial charge in [0.05, 0.1) is 4.92 Å². The van der Waals surface area contributed by atoms with Gasteiger partial charge in [-0.3, -0.25) is 10.1 Å². The summed E-state index contributed by atoms with van der Waals surface area (Å²) >= 11 is 0. The molecule has 0 unspecified atom stereocenters. The number of benzene rings is 2. The van der Waals surface area contributed by atoms with E-state index in [4.69, 9.17) is 0 Å². The third kappa shape index (κ3) is 4.44. The molecule has 1 fully saturated rings. The monoisotopic (exact) mass is 366 g/mol. The molecule has 0 saturated carbocycles. The van der Waals surface area contributed by atoms with E-state index >= 15 is 0 Å². The van der Waals surface area contributed by atoms with Crippen LogP contribution in [0.5, 0.6) is 5.75 Å². The van der Waals surface area contributed by atoms with Gasteiger partial charge >= 0.3 is 6.36 Å². The van der Waals surface area contributed by atoms with E-state index in [9.17, 15) is 23.3 Å². The number of non-ortho nitro benzene ring substituents is 1. The molecule has 0 atom stereocenters. The van der Waals surface area contributed by atoms with E-state index in [0.29, 0.717) is 0 Å². The molecule has 1 saturated heterocycles. The summed E-state index contributed by atoms with van der Waals surface area (Å²) in [7, 11) is 0. The zero-order valence-electron chi connectivity index (χ0n) is 13.8. The van der Waals surface area contributed by atoms with Gasteiger partial charge in [-0.1, -0.05) is 12.1 Å². The highest BCUT2D eigenvalue weighted by Gasteiger charge is 2.31.